The van der Waals surface area contributed by atoms with Crippen molar-refractivity contribution in [2.45, 2.75) is 0 Å². The van der Waals surface area contributed by atoms with Crippen molar-refractivity contribution in [3.05, 3.63) is 51.3 Å². The molecule has 0 amide bonds. The van der Waals surface area contributed by atoms with Crippen molar-refractivity contribution in [1.82, 2.24) is 0 Å². The molecule has 0 saturated carbocycles. The molecule has 0 unspecified atom stereocenters. The van der Waals surface area contributed by atoms with Crippen LogP contribution in [-0.2, 0) is 4.79 Å². The van der Waals surface area contributed by atoms with Crippen LogP contribution in [0.5, 0.6) is 0 Å². The molecule has 0 spiro atoms. The second-order valence-electron chi connectivity index (χ2n) is 3.33. The van der Waals surface area contributed by atoms with Crippen LogP contribution in [-0.4, -0.2) is 11.1 Å². The summed E-state index contributed by atoms with van der Waals surface area (Å²) in [6.45, 7) is 0. The molecule has 5 heteroatoms. The number of aliphatic carboxylic acids is 1. The van der Waals surface area contributed by atoms with Crippen LogP contribution in [0.1, 0.15) is 5.56 Å². The largest absolute Gasteiger partial charge is 0.478 e. The van der Waals surface area contributed by atoms with Gasteiger partial charge in [-0.25, -0.2) is 4.79 Å². The van der Waals surface area contributed by atoms with Gasteiger partial charge in [0, 0.05) is 11.1 Å². The maximum Gasteiger partial charge on any atom is 0.328 e. The summed E-state index contributed by atoms with van der Waals surface area (Å²) < 4.78 is 5.21. The molecule has 0 aliphatic carbocycles. The summed E-state index contributed by atoms with van der Waals surface area (Å²) in [4.78, 5) is 22.3. The molecule has 17 heavy (non-hydrogen) atoms. The Morgan fingerprint density at radius 3 is 2.88 bits per heavy atom. The Balaban J connectivity index is 2.65. The third-order valence-corrected chi connectivity index (χ3v) is 2.40. The summed E-state index contributed by atoms with van der Waals surface area (Å²) in [6, 6.07) is 4.68. The minimum absolute atomic E-state index is 0.169. The molecule has 1 aromatic carbocycles. The van der Waals surface area contributed by atoms with E-state index < -0.39 is 5.97 Å². The summed E-state index contributed by atoms with van der Waals surface area (Å²) in [5.41, 5.74) is 0.264. The Bertz CT molecular complexity index is 670. The number of carboxylic acid groups (broad SMARTS) is 1. The first-order chi connectivity index (χ1) is 8.08. The zero-order valence-corrected chi connectivity index (χ0v) is 9.27. The Hall–Kier alpha value is -2.07. The van der Waals surface area contributed by atoms with Gasteiger partial charge in [-0.15, -0.1) is 0 Å². The van der Waals surface area contributed by atoms with Gasteiger partial charge in [-0.3, -0.25) is 4.79 Å². The van der Waals surface area contributed by atoms with Crippen LogP contribution in [0, 0.1) is 0 Å². The van der Waals surface area contributed by atoms with Crippen molar-refractivity contribution in [2.75, 3.05) is 0 Å². The number of rotatable bonds is 2. The summed E-state index contributed by atoms with van der Waals surface area (Å²) in [6.07, 6.45) is 3.29. The fraction of sp³-hybridized carbons (Fsp3) is 0. The first-order valence-corrected chi connectivity index (χ1v) is 5.08. The van der Waals surface area contributed by atoms with Crippen LogP contribution in [0.15, 0.2) is 39.7 Å². The van der Waals surface area contributed by atoms with Crippen LogP contribution < -0.4 is 5.43 Å². The van der Waals surface area contributed by atoms with E-state index in [1.54, 1.807) is 12.1 Å². The molecule has 0 saturated heterocycles. The van der Waals surface area contributed by atoms with E-state index in [1.165, 1.54) is 18.4 Å². The van der Waals surface area contributed by atoms with Gasteiger partial charge in [0.25, 0.3) is 0 Å². The van der Waals surface area contributed by atoms with E-state index in [9.17, 15) is 9.59 Å². The number of fused-ring (bicyclic) bond motifs is 1. The van der Waals surface area contributed by atoms with Gasteiger partial charge >= 0.3 is 5.97 Å². The number of halogens is 1. The molecular formula is C12H7ClO4. The molecule has 86 valence electrons. The number of carbonyl (C=O) groups is 1. The lowest BCUT2D eigenvalue weighted by molar-refractivity contribution is -0.131. The molecule has 1 heterocycles. The van der Waals surface area contributed by atoms with E-state index in [1.807, 2.05) is 0 Å². The summed E-state index contributed by atoms with van der Waals surface area (Å²) in [5, 5.41) is 9.23. The lowest BCUT2D eigenvalue weighted by Crippen LogP contribution is -2.05. The predicted molar refractivity (Wildman–Crippen MR) is 64.2 cm³/mol. The number of benzene rings is 1. The molecule has 4 nitrogen and oxygen atoms in total. The van der Waals surface area contributed by atoms with Gasteiger partial charge < -0.3 is 9.52 Å². The van der Waals surface area contributed by atoms with E-state index in [-0.39, 0.29) is 11.0 Å². The maximum absolute atomic E-state index is 11.9. The van der Waals surface area contributed by atoms with E-state index in [0.29, 0.717) is 16.0 Å². The summed E-state index contributed by atoms with van der Waals surface area (Å²) >= 11 is 5.78. The number of hydrogen-bond donors (Lipinski definition) is 1. The van der Waals surface area contributed by atoms with Crippen LogP contribution in [0.2, 0.25) is 5.02 Å². The van der Waals surface area contributed by atoms with Crippen LogP contribution in [0.25, 0.3) is 17.0 Å². The van der Waals surface area contributed by atoms with Crippen molar-refractivity contribution >= 4 is 34.6 Å². The average molecular weight is 251 g/mol. The SMILES string of the molecule is O=C(O)/C=C/c1coc2ccc(Cl)cc2c1=O. The minimum Gasteiger partial charge on any atom is -0.478 e. The Morgan fingerprint density at radius 1 is 1.41 bits per heavy atom. The molecule has 0 bridgehead atoms. The second kappa shape index (κ2) is 4.43. The highest BCUT2D eigenvalue weighted by Gasteiger charge is 2.05. The topological polar surface area (TPSA) is 67.5 Å². The van der Waals surface area contributed by atoms with Gasteiger partial charge in [-0.2, -0.15) is 0 Å². The average Bonchev–Trinajstić information content (AvgIpc) is 2.29. The van der Waals surface area contributed by atoms with E-state index in [0.717, 1.165) is 6.08 Å². The maximum atomic E-state index is 11.9. The van der Waals surface area contributed by atoms with Gasteiger partial charge in [0.05, 0.1) is 10.9 Å². The first kappa shape index (κ1) is 11.4. The fourth-order valence-corrected chi connectivity index (χ4v) is 1.57. The fourth-order valence-electron chi connectivity index (χ4n) is 1.39. The highest BCUT2D eigenvalue weighted by molar-refractivity contribution is 6.31. The standard InChI is InChI=1S/C12H7ClO4/c13-8-2-3-10-9(5-8)12(16)7(6-17-10)1-4-11(14)15/h1-6H,(H,14,15)/b4-1+. The Kier molecular flexibility index (Phi) is 2.97. The molecule has 2 aromatic rings. The highest BCUT2D eigenvalue weighted by Crippen LogP contribution is 2.17. The quantitative estimate of drug-likeness (QED) is 0.832. The molecule has 0 aliphatic rings. The Morgan fingerprint density at radius 2 is 2.18 bits per heavy atom. The van der Waals surface area contributed by atoms with Crippen molar-refractivity contribution in [1.29, 1.82) is 0 Å². The zero-order valence-electron chi connectivity index (χ0n) is 8.51. The van der Waals surface area contributed by atoms with Crippen LogP contribution in [0.4, 0.5) is 0 Å². The molecule has 2 rings (SSSR count). The third-order valence-electron chi connectivity index (χ3n) is 2.17. The predicted octanol–water partition coefficient (Wildman–Crippen LogP) is 2.54. The molecule has 1 aromatic heterocycles. The van der Waals surface area contributed by atoms with Crippen molar-refractivity contribution in [3.8, 4) is 0 Å². The lowest BCUT2D eigenvalue weighted by Gasteiger charge is -1.98. The molecule has 0 fully saturated rings. The van der Waals surface area contributed by atoms with Gasteiger partial charge in [-0.1, -0.05) is 11.6 Å². The first-order valence-electron chi connectivity index (χ1n) is 4.70. The van der Waals surface area contributed by atoms with Gasteiger partial charge in [0.15, 0.2) is 5.43 Å². The van der Waals surface area contributed by atoms with Gasteiger partial charge in [0.1, 0.15) is 11.8 Å². The van der Waals surface area contributed by atoms with Gasteiger partial charge in [0.2, 0.25) is 0 Å². The molecule has 1 N–H and O–H groups in total. The van der Waals surface area contributed by atoms with Crippen molar-refractivity contribution < 1.29 is 14.3 Å². The number of carboxylic acids is 1. The Labute approximate surface area is 101 Å². The van der Waals surface area contributed by atoms with E-state index in [4.69, 9.17) is 21.1 Å². The van der Waals surface area contributed by atoms with Crippen LogP contribution in [0.3, 0.4) is 0 Å². The van der Waals surface area contributed by atoms with E-state index in [2.05, 4.69) is 0 Å². The summed E-state index contributed by atoms with van der Waals surface area (Å²) in [5.74, 6) is -1.13. The summed E-state index contributed by atoms with van der Waals surface area (Å²) in [7, 11) is 0. The lowest BCUT2D eigenvalue weighted by atomic mass is 10.1. The van der Waals surface area contributed by atoms with Crippen molar-refractivity contribution in [3.63, 3.8) is 0 Å². The molecule has 0 radical (unpaired) electrons. The second-order valence-corrected chi connectivity index (χ2v) is 3.77. The molecule has 0 aliphatic heterocycles. The van der Waals surface area contributed by atoms with Gasteiger partial charge in [-0.05, 0) is 24.3 Å². The normalized spacial score (nSPS) is 11.1. The van der Waals surface area contributed by atoms with Crippen molar-refractivity contribution in [2.24, 2.45) is 0 Å². The number of hydrogen-bond acceptors (Lipinski definition) is 3. The highest BCUT2D eigenvalue weighted by atomic mass is 35.5. The third kappa shape index (κ3) is 2.37. The minimum atomic E-state index is -1.13. The smallest absolute Gasteiger partial charge is 0.328 e. The monoisotopic (exact) mass is 250 g/mol. The van der Waals surface area contributed by atoms with Crippen LogP contribution >= 0.6 is 11.6 Å². The molecule has 0 atom stereocenters. The van der Waals surface area contributed by atoms with E-state index >= 15 is 0 Å². The zero-order chi connectivity index (χ0) is 12.4. The molecular weight excluding hydrogens is 244 g/mol.